The first-order chi connectivity index (χ1) is 7.25. The Kier molecular flexibility index (Phi) is 4.12. The molecule has 0 spiro atoms. The average molecular weight is 247 g/mol. The number of sulfone groups is 1. The molecule has 1 rings (SSSR count). The van der Waals surface area contributed by atoms with Gasteiger partial charge in [-0.2, -0.15) is 0 Å². The first-order valence-corrected chi connectivity index (χ1v) is 7.49. The lowest BCUT2D eigenvalue weighted by atomic mass is 9.74. The molecule has 4 nitrogen and oxygen atoms in total. The molecule has 0 amide bonds. The molecule has 0 bridgehead atoms. The molecular formula is C11H21NO3S. The number of nitrogens with two attached hydrogens (primary N) is 1. The van der Waals surface area contributed by atoms with Gasteiger partial charge in [-0.15, -0.1) is 0 Å². The lowest BCUT2D eigenvalue weighted by Crippen LogP contribution is -2.48. The molecule has 1 saturated carbocycles. The van der Waals surface area contributed by atoms with Crippen LogP contribution in [-0.4, -0.2) is 30.7 Å². The van der Waals surface area contributed by atoms with Crippen molar-refractivity contribution in [1.29, 1.82) is 0 Å². The highest BCUT2D eigenvalue weighted by molar-refractivity contribution is 7.91. The first kappa shape index (κ1) is 13.6. The quantitative estimate of drug-likeness (QED) is 0.760. The van der Waals surface area contributed by atoms with E-state index in [-0.39, 0.29) is 23.5 Å². The molecule has 0 aromatic carbocycles. The van der Waals surface area contributed by atoms with Crippen LogP contribution in [0.3, 0.4) is 0 Å². The van der Waals surface area contributed by atoms with Gasteiger partial charge in [0.25, 0.3) is 0 Å². The third-order valence-electron chi connectivity index (χ3n) is 3.28. The minimum Gasteiger partial charge on any atom is -0.325 e. The fraction of sp³-hybridized carbons (Fsp3) is 0.909. The van der Waals surface area contributed by atoms with Gasteiger partial charge >= 0.3 is 0 Å². The molecule has 94 valence electrons. The predicted octanol–water partition coefficient (Wildman–Crippen LogP) is 1.04. The van der Waals surface area contributed by atoms with Crippen molar-refractivity contribution >= 4 is 15.6 Å². The van der Waals surface area contributed by atoms with Gasteiger partial charge in [0.05, 0.1) is 11.0 Å². The Balaban J connectivity index is 2.36. The molecule has 0 aromatic rings. The van der Waals surface area contributed by atoms with Crippen molar-refractivity contribution in [2.45, 2.75) is 56.7 Å². The summed E-state index contributed by atoms with van der Waals surface area (Å²) in [7, 11) is -3.10. The van der Waals surface area contributed by atoms with Gasteiger partial charge in [0.1, 0.15) is 5.78 Å². The molecule has 2 N–H and O–H groups in total. The van der Waals surface area contributed by atoms with Crippen LogP contribution in [0, 0.1) is 0 Å². The van der Waals surface area contributed by atoms with E-state index in [1.165, 1.54) is 0 Å². The first-order valence-electron chi connectivity index (χ1n) is 5.77. The average Bonchev–Trinajstić information content (AvgIpc) is 2.12. The molecule has 1 fully saturated rings. The second-order valence-corrected chi connectivity index (χ2v) is 7.77. The van der Waals surface area contributed by atoms with Crippen LogP contribution in [0.2, 0.25) is 0 Å². The summed E-state index contributed by atoms with van der Waals surface area (Å²) in [5.41, 5.74) is 5.60. The molecule has 0 saturated heterocycles. The predicted molar refractivity (Wildman–Crippen MR) is 63.9 cm³/mol. The Labute approximate surface area is 97.5 Å². The third kappa shape index (κ3) is 3.56. The summed E-state index contributed by atoms with van der Waals surface area (Å²) in [6.07, 6.45) is 3.29. The lowest BCUT2D eigenvalue weighted by Gasteiger charge is -2.37. The van der Waals surface area contributed by atoms with E-state index in [0.717, 1.165) is 19.3 Å². The molecule has 0 aliphatic heterocycles. The van der Waals surface area contributed by atoms with E-state index in [4.69, 9.17) is 5.73 Å². The Morgan fingerprint density at radius 1 is 1.38 bits per heavy atom. The summed E-state index contributed by atoms with van der Waals surface area (Å²) in [4.78, 5) is 11.6. The zero-order valence-electron chi connectivity index (χ0n) is 10.0. The molecule has 0 radical (unpaired) electrons. The molecular weight excluding hydrogens is 226 g/mol. The monoisotopic (exact) mass is 247 g/mol. The van der Waals surface area contributed by atoms with Crippen molar-refractivity contribution in [3.63, 3.8) is 0 Å². The number of Topliss-reactive ketones (excluding diaryl/α,β-unsaturated/α-hetero) is 1. The van der Waals surface area contributed by atoms with Gasteiger partial charge < -0.3 is 5.73 Å². The van der Waals surface area contributed by atoms with Crippen molar-refractivity contribution in [3.05, 3.63) is 0 Å². The maximum absolute atomic E-state index is 11.6. The summed E-state index contributed by atoms with van der Waals surface area (Å²) in [6.45, 7) is 3.27. The van der Waals surface area contributed by atoms with Gasteiger partial charge in [-0.3, -0.25) is 4.79 Å². The van der Waals surface area contributed by atoms with Crippen LogP contribution in [0.15, 0.2) is 0 Å². The standard InChI is InChI=1S/C11H21NO3S/c1-9(2)16(14,15)7-4-10(13)8-11(12)5-3-6-11/h9H,3-8,12H2,1-2H3. The van der Waals surface area contributed by atoms with E-state index >= 15 is 0 Å². The molecule has 5 heteroatoms. The zero-order valence-corrected chi connectivity index (χ0v) is 10.8. The van der Waals surface area contributed by atoms with Gasteiger partial charge in [0.2, 0.25) is 0 Å². The van der Waals surface area contributed by atoms with E-state index < -0.39 is 15.1 Å². The van der Waals surface area contributed by atoms with Crippen molar-refractivity contribution < 1.29 is 13.2 Å². The Morgan fingerprint density at radius 2 is 1.94 bits per heavy atom. The third-order valence-corrected chi connectivity index (χ3v) is 5.49. The second kappa shape index (κ2) is 4.84. The van der Waals surface area contributed by atoms with E-state index in [1.54, 1.807) is 13.8 Å². The highest BCUT2D eigenvalue weighted by atomic mass is 32.2. The Morgan fingerprint density at radius 3 is 2.31 bits per heavy atom. The zero-order chi connectivity index (χ0) is 12.4. The molecule has 0 heterocycles. The van der Waals surface area contributed by atoms with Crippen molar-refractivity contribution in [2.75, 3.05) is 5.75 Å². The maximum atomic E-state index is 11.6. The van der Waals surface area contributed by atoms with Crippen LogP contribution in [0.5, 0.6) is 0 Å². The van der Waals surface area contributed by atoms with Crippen LogP contribution in [-0.2, 0) is 14.6 Å². The van der Waals surface area contributed by atoms with E-state index in [0.29, 0.717) is 6.42 Å². The smallest absolute Gasteiger partial charge is 0.153 e. The number of carbonyl (C=O) groups excluding carboxylic acids is 1. The number of rotatable bonds is 6. The highest BCUT2D eigenvalue weighted by Crippen LogP contribution is 2.32. The molecule has 1 aliphatic rings. The lowest BCUT2D eigenvalue weighted by molar-refractivity contribution is -0.120. The Hall–Kier alpha value is -0.420. The van der Waals surface area contributed by atoms with Gasteiger partial charge in [-0.25, -0.2) is 8.42 Å². The number of carbonyl (C=O) groups is 1. The SMILES string of the molecule is CC(C)S(=O)(=O)CCC(=O)CC1(N)CCC1. The van der Waals surface area contributed by atoms with Crippen molar-refractivity contribution in [1.82, 2.24) is 0 Å². The second-order valence-electron chi connectivity index (χ2n) is 5.10. The summed E-state index contributed by atoms with van der Waals surface area (Å²) >= 11 is 0. The van der Waals surface area contributed by atoms with Crippen LogP contribution in [0.1, 0.15) is 46.0 Å². The van der Waals surface area contributed by atoms with Crippen molar-refractivity contribution in [3.8, 4) is 0 Å². The van der Waals surface area contributed by atoms with Gasteiger partial charge in [-0.1, -0.05) is 0 Å². The molecule has 1 aliphatic carbocycles. The summed E-state index contributed by atoms with van der Waals surface area (Å²) in [5.74, 6) is -0.0639. The number of hydrogen-bond acceptors (Lipinski definition) is 4. The normalized spacial score (nSPS) is 19.5. The van der Waals surface area contributed by atoms with E-state index in [9.17, 15) is 13.2 Å². The molecule has 0 atom stereocenters. The van der Waals surface area contributed by atoms with Crippen LogP contribution < -0.4 is 5.73 Å². The van der Waals surface area contributed by atoms with Gasteiger partial charge in [-0.05, 0) is 33.1 Å². The van der Waals surface area contributed by atoms with Gasteiger partial charge in [0.15, 0.2) is 9.84 Å². The number of hydrogen-bond donors (Lipinski definition) is 1. The molecule has 16 heavy (non-hydrogen) atoms. The maximum Gasteiger partial charge on any atom is 0.153 e. The number of ketones is 1. The van der Waals surface area contributed by atoms with E-state index in [1.807, 2.05) is 0 Å². The summed E-state index contributed by atoms with van der Waals surface area (Å²) < 4.78 is 23.0. The van der Waals surface area contributed by atoms with Crippen LogP contribution in [0.25, 0.3) is 0 Å². The molecule has 0 unspecified atom stereocenters. The van der Waals surface area contributed by atoms with Crippen LogP contribution in [0.4, 0.5) is 0 Å². The molecule has 0 aromatic heterocycles. The van der Waals surface area contributed by atoms with Gasteiger partial charge in [0, 0.05) is 18.4 Å². The highest BCUT2D eigenvalue weighted by Gasteiger charge is 2.34. The topological polar surface area (TPSA) is 77.2 Å². The fourth-order valence-electron chi connectivity index (χ4n) is 1.78. The largest absolute Gasteiger partial charge is 0.325 e. The summed E-state index contributed by atoms with van der Waals surface area (Å²) in [6, 6.07) is 0. The van der Waals surface area contributed by atoms with Crippen LogP contribution >= 0.6 is 0 Å². The minimum absolute atomic E-state index is 0.0218. The van der Waals surface area contributed by atoms with Crippen molar-refractivity contribution in [2.24, 2.45) is 5.73 Å². The fourth-order valence-corrected chi connectivity index (χ4v) is 2.76. The minimum atomic E-state index is -3.10. The van der Waals surface area contributed by atoms with E-state index in [2.05, 4.69) is 0 Å². The summed E-state index contributed by atoms with van der Waals surface area (Å²) in [5, 5.41) is -0.407. The Bertz CT molecular complexity index is 355.